The van der Waals surface area contributed by atoms with E-state index >= 15 is 0 Å². The molecule has 0 saturated heterocycles. The van der Waals surface area contributed by atoms with Crippen molar-refractivity contribution in [2.45, 2.75) is 0 Å². The zero-order valence-electron chi connectivity index (χ0n) is 5.14. The summed E-state index contributed by atoms with van der Waals surface area (Å²) >= 11 is 0. The molecule has 8 heteroatoms. The third kappa shape index (κ3) is 22.5. The molecule has 0 saturated carbocycles. The number of nitrogens with one attached hydrogen (secondary N) is 1. The van der Waals surface area contributed by atoms with Gasteiger partial charge in [0.2, 0.25) is 0 Å². The fourth-order valence-corrected chi connectivity index (χ4v) is 0.525. The normalized spacial score (nSPS) is 13.1. The van der Waals surface area contributed by atoms with Crippen molar-refractivity contribution >= 4 is 7.52 Å². The molecule has 0 aromatic heterocycles. The van der Waals surface area contributed by atoms with Gasteiger partial charge in [0.05, 0.1) is 0 Å². The maximum absolute atomic E-state index is 9.91. The summed E-state index contributed by atoms with van der Waals surface area (Å²) in [6.45, 7) is 0. The SMILES string of the molecule is COCP([NH-])(=O)O.[W].[W].[W]. The van der Waals surface area contributed by atoms with Crippen molar-refractivity contribution in [3.8, 4) is 0 Å². The zero-order valence-corrected chi connectivity index (χ0v) is 14.8. The molecule has 0 bridgehead atoms. The van der Waals surface area contributed by atoms with Gasteiger partial charge < -0.3 is 19.7 Å². The molecule has 0 fully saturated rings. The second-order valence-electron chi connectivity index (χ2n) is 1.12. The van der Waals surface area contributed by atoms with Crippen molar-refractivity contribution in [3.05, 3.63) is 5.50 Å². The van der Waals surface area contributed by atoms with Crippen LogP contribution in [0, 0.1) is 0 Å². The minimum atomic E-state index is -3.64. The quantitative estimate of drug-likeness (QED) is 0.442. The van der Waals surface area contributed by atoms with Crippen LogP contribution in [-0.2, 0) is 72.5 Å². The molecule has 0 aliphatic rings. The van der Waals surface area contributed by atoms with Crippen LogP contribution in [-0.4, -0.2) is 18.4 Å². The molecule has 62 valence electrons. The Labute approximate surface area is 103 Å². The van der Waals surface area contributed by atoms with Crippen LogP contribution in [0.3, 0.4) is 0 Å². The number of ether oxygens (including phenoxy) is 1. The third-order valence-corrected chi connectivity index (χ3v) is 0.912. The Morgan fingerprint density at radius 3 is 1.80 bits per heavy atom. The zero-order chi connectivity index (χ0) is 5.91. The van der Waals surface area contributed by atoms with E-state index in [9.17, 15) is 4.57 Å². The van der Waals surface area contributed by atoms with E-state index < -0.39 is 7.52 Å². The maximum Gasteiger partial charge on any atom is 0.134 e. The van der Waals surface area contributed by atoms with Crippen LogP contribution >= 0.6 is 7.52 Å². The molecule has 0 spiro atoms. The molecule has 0 heterocycles. The van der Waals surface area contributed by atoms with E-state index in [1.165, 1.54) is 7.11 Å². The average molecular weight is 676 g/mol. The summed E-state index contributed by atoms with van der Waals surface area (Å²) < 4.78 is 14.1. The molecule has 0 amide bonds. The van der Waals surface area contributed by atoms with Gasteiger partial charge in [0.25, 0.3) is 0 Å². The van der Waals surface area contributed by atoms with E-state index in [1.807, 2.05) is 0 Å². The molecular formula is C2H7NO3PW3-. The van der Waals surface area contributed by atoms with E-state index in [2.05, 4.69) is 4.74 Å². The second kappa shape index (κ2) is 11.2. The Morgan fingerprint density at radius 2 is 1.80 bits per heavy atom. The van der Waals surface area contributed by atoms with E-state index in [0.717, 1.165) is 0 Å². The molecule has 0 rings (SSSR count). The maximum atomic E-state index is 9.91. The summed E-state index contributed by atoms with van der Waals surface area (Å²) in [7, 11) is -2.36. The molecule has 2 N–H and O–H groups in total. The van der Waals surface area contributed by atoms with Gasteiger partial charge >= 0.3 is 0 Å². The average Bonchev–Trinajstić information content (AvgIpc) is 1.30. The minimum absolute atomic E-state index is 0. The number of hydrogen-bond donors (Lipinski definition) is 1. The Bertz CT molecular complexity index is 95.7. The largest absolute Gasteiger partial charge is 0.593 e. The van der Waals surface area contributed by atoms with Gasteiger partial charge in [0.15, 0.2) is 0 Å². The Kier molecular flexibility index (Phi) is 25.4. The molecule has 0 aromatic carbocycles. The van der Waals surface area contributed by atoms with E-state index in [-0.39, 0.29) is 69.5 Å². The van der Waals surface area contributed by atoms with Crippen LogP contribution < -0.4 is 0 Å². The summed E-state index contributed by atoms with van der Waals surface area (Å²) in [5.74, 6) is 0. The predicted octanol–water partition coefficient (Wildman–Crippen LogP) is 0.820. The summed E-state index contributed by atoms with van der Waals surface area (Å²) in [5, 5.41) is 0. The fourth-order valence-electron chi connectivity index (χ4n) is 0.175. The van der Waals surface area contributed by atoms with Crippen LogP contribution in [0.15, 0.2) is 0 Å². The summed E-state index contributed by atoms with van der Waals surface area (Å²) in [4.78, 5) is 8.11. The number of rotatable bonds is 2. The first kappa shape index (κ1) is 22.8. The smallest absolute Gasteiger partial charge is 0.134 e. The summed E-state index contributed by atoms with van der Waals surface area (Å²) in [5.41, 5.74) is 6.32. The van der Waals surface area contributed by atoms with Crippen molar-refractivity contribution in [1.29, 1.82) is 0 Å². The van der Waals surface area contributed by atoms with Crippen LogP contribution in [0.5, 0.6) is 0 Å². The van der Waals surface area contributed by atoms with Gasteiger partial charge in [-0.2, -0.15) is 0 Å². The molecule has 0 aliphatic carbocycles. The van der Waals surface area contributed by atoms with Gasteiger partial charge in [-0.25, -0.2) is 0 Å². The summed E-state index contributed by atoms with van der Waals surface area (Å²) in [6, 6.07) is 0. The molecule has 0 radical (unpaired) electrons. The van der Waals surface area contributed by atoms with Crippen molar-refractivity contribution < 1.29 is 77.4 Å². The first-order valence-corrected chi connectivity index (χ1v) is 3.46. The van der Waals surface area contributed by atoms with Gasteiger partial charge in [-0.1, -0.05) is 0 Å². The van der Waals surface area contributed by atoms with Crippen molar-refractivity contribution in [2.75, 3.05) is 13.5 Å². The molecule has 0 aromatic rings. The third-order valence-electron chi connectivity index (χ3n) is 0.304. The van der Waals surface area contributed by atoms with Crippen molar-refractivity contribution in [3.63, 3.8) is 0 Å². The van der Waals surface area contributed by atoms with Crippen LogP contribution in [0.25, 0.3) is 5.50 Å². The van der Waals surface area contributed by atoms with Gasteiger partial charge in [-0.3, -0.25) is 0 Å². The van der Waals surface area contributed by atoms with E-state index in [0.29, 0.717) is 0 Å². The fraction of sp³-hybridized carbons (Fsp3) is 1.00. The monoisotopic (exact) mass is 676 g/mol. The van der Waals surface area contributed by atoms with Gasteiger partial charge in [-0.05, 0) is 0 Å². The van der Waals surface area contributed by atoms with E-state index in [4.69, 9.17) is 10.4 Å². The number of methoxy groups -OCH3 is 1. The Balaban J connectivity index is -0.0000000600. The van der Waals surface area contributed by atoms with Crippen LogP contribution in [0.2, 0.25) is 0 Å². The van der Waals surface area contributed by atoms with Crippen LogP contribution in [0.4, 0.5) is 0 Å². The molecule has 1 unspecified atom stereocenters. The standard InChI is InChI=1S/C2H7NO3P.3W/c1-6-2-7(3,4)5;;;/h2H2,1H3,(H2-,3,4,5);;;/q-1;;;. The predicted molar refractivity (Wildman–Crippen MR) is 26.0 cm³/mol. The van der Waals surface area contributed by atoms with E-state index in [1.54, 1.807) is 0 Å². The minimum Gasteiger partial charge on any atom is -0.593 e. The Hall–Kier alpha value is 2.17. The van der Waals surface area contributed by atoms with Crippen molar-refractivity contribution in [2.24, 2.45) is 0 Å². The van der Waals surface area contributed by atoms with Crippen LogP contribution in [0.1, 0.15) is 0 Å². The Morgan fingerprint density at radius 1 is 1.50 bits per heavy atom. The van der Waals surface area contributed by atoms with Crippen molar-refractivity contribution in [1.82, 2.24) is 0 Å². The molecular weight excluding hydrogens is 669 g/mol. The van der Waals surface area contributed by atoms with Gasteiger partial charge in [0.1, 0.15) is 13.9 Å². The summed E-state index contributed by atoms with van der Waals surface area (Å²) in [6.07, 6.45) is -0.382. The van der Waals surface area contributed by atoms with Gasteiger partial charge in [-0.15, -0.1) is 0 Å². The molecule has 10 heavy (non-hydrogen) atoms. The first-order chi connectivity index (χ1) is 3.06. The van der Waals surface area contributed by atoms with Gasteiger partial charge in [0, 0.05) is 70.3 Å². The second-order valence-corrected chi connectivity index (χ2v) is 2.78. The molecule has 4 nitrogen and oxygen atoms in total. The molecule has 0 aliphatic heterocycles. The first-order valence-electron chi connectivity index (χ1n) is 1.62. The topological polar surface area (TPSA) is 70.3 Å². The number of hydrogen-bond acceptors (Lipinski definition) is 2. The molecule has 1 atom stereocenters.